The molecule has 0 atom stereocenters. The fourth-order valence-corrected chi connectivity index (χ4v) is 2.92. The van der Waals surface area contributed by atoms with Gasteiger partial charge >= 0.3 is 0 Å². The van der Waals surface area contributed by atoms with Crippen LogP contribution in [0.2, 0.25) is 0 Å². The molecule has 1 heterocycles. The molecule has 1 fully saturated rings. The molecule has 1 amide bonds. The first-order valence-corrected chi connectivity index (χ1v) is 7.25. The van der Waals surface area contributed by atoms with Gasteiger partial charge in [0.15, 0.2) is 0 Å². The van der Waals surface area contributed by atoms with Crippen LogP contribution in [0, 0.1) is 19.8 Å². The van der Waals surface area contributed by atoms with E-state index in [0.29, 0.717) is 12.5 Å². The van der Waals surface area contributed by atoms with Gasteiger partial charge in [0, 0.05) is 24.3 Å². The van der Waals surface area contributed by atoms with E-state index in [4.69, 9.17) is 0 Å². The third-order valence-electron chi connectivity index (χ3n) is 4.38. The highest BCUT2D eigenvalue weighted by atomic mass is 16.1. The van der Waals surface area contributed by atoms with Crippen molar-refractivity contribution in [1.29, 1.82) is 0 Å². The van der Waals surface area contributed by atoms with Gasteiger partial charge in [-0.15, -0.1) is 0 Å². The number of hydrogen-bond acceptors (Lipinski definition) is 2. The highest BCUT2D eigenvalue weighted by Gasteiger charge is 2.21. The summed E-state index contributed by atoms with van der Waals surface area (Å²) in [5.41, 5.74) is 3.13. The van der Waals surface area contributed by atoms with E-state index in [2.05, 4.69) is 17.3 Å². The Kier molecular flexibility index (Phi) is 4.27. The van der Waals surface area contributed by atoms with E-state index < -0.39 is 0 Å². The smallest absolute Gasteiger partial charge is 0.224 e. The molecular formula is C15H25N3O. The van der Waals surface area contributed by atoms with Crippen LogP contribution in [0.25, 0.3) is 0 Å². The number of amides is 1. The summed E-state index contributed by atoms with van der Waals surface area (Å²) in [5, 5.41) is 7.53. The molecule has 0 saturated heterocycles. The molecule has 1 aromatic rings. The van der Waals surface area contributed by atoms with E-state index in [-0.39, 0.29) is 5.91 Å². The lowest BCUT2D eigenvalue weighted by Gasteiger charge is -2.26. The molecule has 4 nitrogen and oxygen atoms in total. The number of nitrogens with one attached hydrogen (secondary N) is 1. The van der Waals surface area contributed by atoms with Crippen molar-refractivity contribution < 1.29 is 4.79 Å². The Balaban J connectivity index is 1.91. The van der Waals surface area contributed by atoms with Crippen LogP contribution in [-0.2, 0) is 18.3 Å². The summed E-state index contributed by atoms with van der Waals surface area (Å²) in [6.45, 7) is 6.28. The van der Waals surface area contributed by atoms with Crippen molar-refractivity contribution >= 4 is 5.91 Å². The lowest BCUT2D eigenvalue weighted by Crippen LogP contribution is -2.38. The predicted molar refractivity (Wildman–Crippen MR) is 75.9 cm³/mol. The molecule has 2 rings (SSSR count). The topological polar surface area (TPSA) is 46.9 Å². The Labute approximate surface area is 115 Å². The van der Waals surface area contributed by atoms with E-state index in [1.807, 2.05) is 25.6 Å². The first-order chi connectivity index (χ1) is 8.97. The molecule has 19 heavy (non-hydrogen) atoms. The standard InChI is InChI=1S/C15H25N3O/c1-10-5-7-13(8-6-10)16-15(19)9-14-11(2)17-18(4)12(14)3/h10,13H,5-9H2,1-4H3,(H,16,19). The van der Waals surface area contributed by atoms with Crippen molar-refractivity contribution in [3.05, 3.63) is 17.0 Å². The number of aryl methyl sites for hydroxylation is 2. The molecule has 4 heteroatoms. The Morgan fingerprint density at radius 2 is 1.95 bits per heavy atom. The van der Waals surface area contributed by atoms with Gasteiger partial charge < -0.3 is 5.32 Å². The van der Waals surface area contributed by atoms with E-state index in [0.717, 1.165) is 35.7 Å². The molecule has 0 unspecified atom stereocenters. The fourth-order valence-electron chi connectivity index (χ4n) is 2.92. The lowest BCUT2D eigenvalue weighted by molar-refractivity contribution is -0.121. The van der Waals surface area contributed by atoms with Gasteiger partial charge in [0.2, 0.25) is 5.91 Å². The van der Waals surface area contributed by atoms with Crippen LogP contribution >= 0.6 is 0 Å². The summed E-state index contributed by atoms with van der Waals surface area (Å²) in [5.74, 6) is 0.953. The molecule has 0 aromatic carbocycles. The Morgan fingerprint density at radius 3 is 2.47 bits per heavy atom. The molecular weight excluding hydrogens is 238 g/mol. The maximum Gasteiger partial charge on any atom is 0.224 e. The van der Waals surface area contributed by atoms with Gasteiger partial charge in [-0.05, 0) is 45.4 Å². The van der Waals surface area contributed by atoms with Crippen LogP contribution in [0.3, 0.4) is 0 Å². The molecule has 0 aliphatic heterocycles. The van der Waals surface area contributed by atoms with Gasteiger partial charge in [-0.25, -0.2) is 0 Å². The van der Waals surface area contributed by atoms with Gasteiger partial charge in [-0.1, -0.05) is 6.92 Å². The largest absolute Gasteiger partial charge is 0.353 e. The zero-order valence-corrected chi connectivity index (χ0v) is 12.5. The Morgan fingerprint density at radius 1 is 1.32 bits per heavy atom. The van der Waals surface area contributed by atoms with Crippen LogP contribution in [-0.4, -0.2) is 21.7 Å². The maximum absolute atomic E-state index is 12.1. The van der Waals surface area contributed by atoms with Gasteiger partial charge in [0.25, 0.3) is 0 Å². The first kappa shape index (κ1) is 14.1. The average Bonchev–Trinajstić information content (AvgIpc) is 2.59. The number of hydrogen-bond donors (Lipinski definition) is 1. The summed E-state index contributed by atoms with van der Waals surface area (Å²) >= 11 is 0. The predicted octanol–water partition coefficient (Wildman–Crippen LogP) is 2.27. The second kappa shape index (κ2) is 5.76. The highest BCUT2D eigenvalue weighted by molar-refractivity contribution is 5.79. The van der Waals surface area contributed by atoms with E-state index in [1.165, 1.54) is 12.8 Å². The van der Waals surface area contributed by atoms with E-state index >= 15 is 0 Å². The van der Waals surface area contributed by atoms with Crippen LogP contribution in [0.5, 0.6) is 0 Å². The molecule has 0 spiro atoms. The average molecular weight is 263 g/mol. The van der Waals surface area contributed by atoms with Crippen LogP contribution in [0.15, 0.2) is 0 Å². The third-order valence-corrected chi connectivity index (χ3v) is 4.38. The number of carbonyl (C=O) groups excluding carboxylic acids is 1. The van der Waals surface area contributed by atoms with E-state index in [1.54, 1.807) is 0 Å². The summed E-state index contributed by atoms with van der Waals surface area (Å²) in [7, 11) is 1.92. The molecule has 106 valence electrons. The normalized spacial score (nSPS) is 23.4. The van der Waals surface area contributed by atoms with Gasteiger partial charge in [-0.2, -0.15) is 5.10 Å². The summed E-state index contributed by atoms with van der Waals surface area (Å²) in [6, 6.07) is 0.376. The third kappa shape index (κ3) is 3.37. The molecule has 1 aliphatic rings. The second-order valence-electron chi connectivity index (χ2n) is 5.97. The number of carbonyl (C=O) groups is 1. The number of aromatic nitrogens is 2. The van der Waals surface area contributed by atoms with Crippen molar-refractivity contribution in [2.45, 2.75) is 58.9 Å². The minimum absolute atomic E-state index is 0.138. The molecule has 1 aromatic heterocycles. The summed E-state index contributed by atoms with van der Waals surface area (Å²) in [6.07, 6.45) is 5.17. The Bertz CT molecular complexity index is 456. The molecule has 0 radical (unpaired) electrons. The van der Waals surface area contributed by atoms with Crippen molar-refractivity contribution in [2.75, 3.05) is 0 Å². The first-order valence-electron chi connectivity index (χ1n) is 7.25. The zero-order valence-electron chi connectivity index (χ0n) is 12.5. The summed E-state index contributed by atoms with van der Waals surface area (Å²) < 4.78 is 1.85. The molecule has 1 N–H and O–H groups in total. The minimum atomic E-state index is 0.138. The van der Waals surface area contributed by atoms with Crippen molar-refractivity contribution in [2.24, 2.45) is 13.0 Å². The van der Waals surface area contributed by atoms with Gasteiger partial charge in [0.05, 0.1) is 12.1 Å². The minimum Gasteiger partial charge on any atom is -0.353 e. The van der Waals surface area contributed by atoms with Gasteiger partial charge in [0.1, 0.15) is 0 Å². The van der Waals surface area contributed by atoms with Crippen molar-refractivity contribution in [3.63, 3.8) is 0 Å². The fraction of sp³-hybridized carbons (Fsp3) is 0.733. The van der Waals surface area contributed by atoms with Gasteiger partial charge in [-0.3, -0.25) is 9.48 Å². The SMILES string of the molecule is Cc1nn(C)c(C)c1CC(=O)NC1CCC(C)CC1. The second-order valence-corrected chi connectivity index (χ2v) is 5.97. The van der Waals surface area contributed by atoms with E-state index in [9.17, 15) is 4.79 Å². The highest BCUT2D eigenvalue weighted by Crippen LogP contribution is 2.23. The monoisotopic (exact) mass is 263 g/mol. The zero-order chi connectivity index (χ0) is 14.0. The summed E-state index contributed by atoms with van der Waals surface area (Å²) in [4.78, 5) is 12.1. The van der Waals surface area contributed by atoms with Crippen LogP contribution < -0.4 is 5.32 Å². The van der Waals surface area contributed by atoms with Crippen LogP contribution in [0.1, 0.15) is 49.6 Å². The number of nitrogens with zero attached hydrogens (tertiary/aromatic N) is 2. The Hall–Kier alpha value is -1.32. The lowest BCUT2D eigenvalue weighted by atomic mass is 9.87. The van der Waals surface area contributed by atoms with Crippen LogP contribution in [0.4, 0.5) is 0 Å². The quantitative estimate of drug-likeness (QED) is 0.909. The van der Waals surface area contributed by atoms with Crippen molar-refractivity contribution in [3.8, 4) is 0 Å². The maximum atomic E-state index is 12.1. The van der Waals surface area contributed by atoms with Crippen molar-refractivity contribution in [1.82, 2.24) is 15.1 Å². The molecule has 1 aliphatic carbocycles. The molecule has 1 saturated carbocycles. The molecule has 0 bridgehead atoms. The number of rotatable bonds is 3.